The van der Waals surface area contributed by atoms with Crippen molar-refractivity contribution in [3.63, 3.8) is 0 Å². The second-order valence-corrected chi connectivity index (χ2v) is 4.34. The van der Waals surface area contributed by atoms with Crippen molar-refractivity contribution in [1.29, 1.82) is 0 Å². The number of benzene rings is 2. The summed E-state index contributed by atoms with van der Waals surface area (Å²) in [4.78, 5) is 0. The van der Waals surface area contributed by atoms with Crippen molar-refractivity contribution in [2.45, 2.75) is 6.18 Å². The fraction of sp³-hybridized carbons (Fsp3) is 0.0667. The molecule has 0 aromatic heterocycles. The minimum absolute atomic E-state index is 0.0727. The fourth-order valence-corrected chi connectivity index (χ4v) is 1.76. The van der Waals surface area contributed by atoms with Crippen LogP contribution in [0.5, 0.6) is 0 Å². The highest BCUT2D eigenvalue weighted by molar-refractivity contribution is 5.73. The van der Waals surface area contributed by atoms with Crippen LogP contribution in [0.1, 0.15) is 16.7 Å². The molecule has 0 bridgehead atoms. The molecule has 0 amide bonds. The summed E-state index contributed by atoms with van der Waals surface area (Å²) in [6.07, 6.45) is -1.43. The molecular weight excluding hydrogens is 265 g/mol. The maximum Gasteiger partial charge on any atom is 0.417 e. The monoisotopic (exact) mass is 278 g/mol. The number of hydrogen-bond acceptors (Lipinski definition) is 2. The Morgan fingerprint density at radius 2 is 1.40 bits per heavy atom. The number of nitrogen functional groups attached to an aromatic ring is 2. The molecule has 104 valence electrons. The van der Waals surface area contributed by atoms with Gasteiger partial charge in [-0.25, -0.2) is 0 Å². The lowest BCUT2D eigenvalue weighted by atomic mass is 10.0. The van der Waals surface area contributed by atoms with Crippen LogP contribution < -0.4 is 11.5 Å². The summed E-state index contributed by atoms with van der Waals surface area (Å²) in [6.45, 7) is 0. The van der Waals surface area contributed by atoms with Crippen LogP contribution >= 0.6 is 0 Å². The van der Waals surface area contributed by atoms with Gasteiger partial charge in [0.2, 0.25) is 0 Å². The number of hydrogen-bond donors (Lipinski definition) is 2. The zero-order valence-corrected chi connectivity index (χ0v) is 10.5. The second-order valence-electron chi connectivity index (χ2n) is 4.34. The van der Waals surface area contributed by atoms with Gasteiger partial charge in [0.1, 0.15) is 0 Å². The first-order chi connectivity index (χ1) is 9.36. The van der Waals surface area contributed by atoms with Crippen molar-refractivity contribution < 1.29 is 13.2 Å². The van der Waals surface area contributed by atoms with Gasteiger partial charge in [-0.1, -0.05) is 30.4 Å². The Labute approximate surface area is 114 Å². The molecule has 0 saturated heterocycles. The molecule has 5 heteroatoms. The van der Waals surface area contributed by atoms with Crippen LogP contribution in [-0.2, 0) is 6.18 Å². The van der Waals surface area contributed by atoms with Gasteiger partial charge in [0.25, 0.3) is 0 Å². The van der Waals surface area contributed by atoms with E-state index in [4.69, 9.17) is 11.5 Å². The summed E-state index contributed by atoms with van der Waals surface area (Å²) in [5.74, 6) is 0. The van der Waals surface area contributed by atoms with Crippen molar-refractivity contribution >= 4 is 23.5 Å². The summed E-state index contributed by atoms with van der Waals surface area (Å²) in [5, 5.41) is 0. The van der Waals surface area contributed by atoms with Gasteiger partial charge in [-0.3, -0.25) is 0 Å². The molecule has 0 saturated carbocycles. The largest absolute Gasteiger partial charge is 0.417 e. The third kappa shape index (κ3) is 3.32. The minimum Gasteiger partial charge on any atom is -0.399 e. The Morgan fingerprint density at radius 3 is 2.00 bits per heavy atom. The SMILES string of the molecule is Nc1ccc(C=Cc2ccc(N)cc2C(F)(F)F)cc1. The molecule has 2 nitrogen and oxygen atoms in total. The van der Waals surface area contributed by atoms with Gasteiger partial charge in [-0.2, -0.15) is 13.2 Å². The van der Waals surface area contributed by atoms with E-state index in [-0.39, 0.29) is 11.3 Å². The third-order valence-electron chi connectivity index (χ3n) is 2.77. The Kier molecular flexibility index (Phi) is 3.70. The van der Waals surface area contributed by atoms with E-state index < -0.39 is 11.7 Å². The molecule has 0 aliphatic carbocycles. The van der Waals surface area contributed by atoms with Crippen LogP contribution in [0.25, 0.3) is 12.2 Å². The molecule has 20 heavy (non-hydrogen) atoms. The van der Waals surface area contributed by atoms with E-state index in [0.29, 0.717) is 5.69 Å². The van der Waals surface area contributed by atoms with E-state index in [1.165, 1.54) is 18.2 Å². The van der Waals surface area contributed by atoms with E-state index in [1.807, 2.05) is 0 Å². The summed E-state index contributed by atoms with van der Waals surface area (Å²) in [7, 11) is 0. The molecule has 0 atom stereocenters. The Balaban J connectivity index is 2.36. The van der Waals surface area contributed by atoms with Crippen LogP contribution in [0.2, 0.25) is 0 Å². The van der Waals surface area contributed by atoms with Crippen LogP contribution in [0.3, 0.4) is 0 Å². The van der Waals surface area contributed by atoms with Gasteiger partial charge in [0, 0.05) is 11.4 Å². The first kappa shape index (κ1) is 14.0. The lowest BCUT2D eigenvalue weighted by Crippen LogP contribution is -2.08. The molecule has 4 N–H and O–H groups in total. The van der Waals surface area contributed by atoms with E-state index in [9.17, 15) is 13.2 Å². The van der Waals surface area contributed by atoms with E-state index in [2.05, 4.69) is 0 Å². The minimum atomic E-state index is -4.43. The van der Waals surface area contributed by atoms with E-state index >= 15 is 0 Å². The standard InChI is InChI=1S/C15H13F3N2/c16-15(17,18)14-9-13(20)8-5-11(14)4-1-10-2-6-12(19)7-3-10/h1-9H,19-20H2. The molecule has 0 spiro atoms. The molecule has 0 unspecified atom stereocenters. The smallest absolute Gasteiger partial charge is 0.399 e. The maximum atomic E-state index is 12.9. The second kappa shape index (κ2) is 5.28. The van der Waals surface area contributed by atoms with Crippen molar-refractivity contribution in [3.8, 4) is 0 Å². The highest BCUT2D eigenvalue weighted by Crippen LogP contribution is 2.34. The summed E-state index contributed by atoms with van der Waals surface area (Å²) >= 11 is 0. The average molecular weight is 278 g/mol. The molecule has 2 aromatic carbocycles. The summed E-state index contributed by atoms with van der Waals surface area (Å²) < 4.78 is 38.7. The first-order valence-electron chi connectivity index (χ1n) is 5.86. The lowest BCUT2D eigenvalue weighted by molar-refractivity contribution is -0.137. The molecule has 0 fully saturated rings. The summed E-state index contributed by atoms with van der Waals surface area (Å²) in [5.41, 5.74) is 11.7. The number of rotatable bonds is 2. The highest BCUT2D eigenvalue weighted by Gasteiger charge is 2.32. The van der Waals surface area contributed by atoms with Gasteiger partial charge in [-0.15, -0.1) is 0 Å². The topological polar surface area (TPSA) is 52.0 Å². The molecular formula is C15H13F3N2. The van der Waals surface area contributed by atoms with Crippen LogP contribution in [0.4, 0.5) is 24.5 Å². The molecule has 0 aliphatic rings. The van der Waals surface area contributed by atoms with Crippen LogP contribution in [0.15, 0.2) is 42.5 Å². The van der Waals surface area contributed by atoms with Crippen LogP contribution in [-0.4, -0.2) is 0 Å². The van der Waals surface area contributed by atoms with Crippen molar-refractivity contribution in [3.05, 3.63) is 59.2 Å². The van der Waals surface area contributed by atoms with Gasteiger partial charge < -0.3 is 11.5 Å². The predicted octanol–water partition coefficient (Wildman–Crippen LogP) is 4.04. The maximum absolute atomic E-state index is 12.9. The highest BCUT2D eigenvalue weighted by atomic mass is 19.4. The zero-order valence-electron chi connectivity index (χ0n) is 10.5. The van der Waals surface area contributed by atoms with E-state index in [0.717, 1.165) is 11.6 Å². The van der Waals surface area contributed by atoms with Crippen LogP contribution in [0, 0.1) is 0 Å². The van der Waals surface area contributed by atoms with Gasteiger partial charge in [0.05, 0.1) is 5.56 Å². The molecule has 0 heterocycles. The van der Waals surface area contributed by atoms with Crippen molar-refractivity contribution in [2.24, 2.45) is 0 Å². The fourth-order valence-electron chi connectivity index (χ4n) is 1.76. The Hall–Kier alpha value is -2.43. The molecule has 2 aromatic rings. The van der Waals surface area contributed by atoms with Gasteiger partial charge in [-0.05, 0) is 35.4 Å². The quantitative estimate of drug-likeness (QED) is 0.643. The molecule has 0 radical (unpaired) electrons. The van der Waals surface area contributed by atoms with Gasteiger partial charge >= 0.3 is 6.18 Å². The van der Waals surface area contributed by atoms with E-state index in [1.54, 1.807) is 30.3 Å². The molecule has 2 rings (SSSR count). The lowest BCUT2D eigenvalue weighted by Gasteiger charge is -2.11. The Morgan fingerprint density at radius 1 is 0.800 bits per heavy atom. The predicted molar refractivity (Wildman–Crippen MR) is 75.6 cm³/mol. The third-order valence-corrected chi connectivity index (χ3v) is 2.77. The zero-order chi connectivity index (χ0) is 14.8. The number of halogens is 3. The first-order valence-corrected chi connectivity index (χ1v) is 5.86. The normalized spacial score (nSPS) is 11.9. The molecule has 0 aliphatic heterocycles. The van der Waals surface area contributed by atoms with Gasteiger partial charge in [0.15, 0.2) is 0 Å². The number of anilines is 2. The average Bonchev–Trinajstić information content (AvgIpc) is 2.38. The van der Waals surface area contributed by atoms with Crippen molar-refractivity contribution in [1.82, 2.24) is 0 Å². The summed E-state index contributed by atoms with van der Waals surface area (Å²) in [6, 6.07) is 10.6. The van der Waals surface area contributed by atoms with Crippen molar-refractivity contribution in [2.75, 3.05) is 11.5 Å². The number of nitrogens with two attached hydrogens (primary N) is 2. The Bertz CT molecular complexity index is 629. The number of alkyl halides is 3.